The number of thiazole rings is 1. The average Bonchev–Trinajstić information content (AvgIpc) is 3.13. The number of aryl methyl sites for hydroxylation is 2. The number of nitrogens with zero attached hydrogens (tertiary/aromatic N) is 4. The highest BCUT2D eigenvalue weighted by atomic mass is 35.5. The number of benzene rings is 2. The van der Waals surface area contributed by atoms with E-state index in [1.165, 1.54) is 29.5 Å². The van der Waals surface area contributed by atoms with Crippen molar-refractivity contribution in [1.82, 2.24) is 9.88 Å². The second-order valence-corrected chi connectivity index (χ2v) is 8.72. The van der Waals surface area contributed by atoms with E-state index >= 15 is 0 Å². The highest BCUT2D eigenvalue weighted by molar-refractivity contribution is 7.22. The third-order valence-electron chi connectivity index (χ3n) is 5.39. The molecular formula is C22H25ClN4O3S. The van der Waals surface area contributed by atoms with Gasteiger partial charge >= 0.3 is 0 Å². The summed E-state index contributed by atoms with van der Waals surface area (Å²) >= 11 is 7.70. The number of carbonyl (C=O) groups excluding carboxylic acids is 1. The molecule has 0 saturated heterocycles. The summed E-state index contributed by atoms with van der Waals surface area (Å²) in [4.78, 5) is 32.7. The maximum atomic E-state index is 13.5. The first kappa shape index (κ1) is 23.1. The van der Waals surface area contributed by atoms with Gasteiger partial charge in [0.05, 0.1) is 25.7 Å². The predicted octanol–water partition coefficient (Wildman–Crippen LogP) is 5.46. The van der Waals surface area contributed by atoms with Gasteiger partial charge in [-0.3, -0.25) is 19.8 Å². The van der Waals surface area contributed by atoms with Crippen molar-refractivity contribution in [3.05, 3.63) is 62.2 Å². The average molecular weight is 461 g/mol. The lowest BCUT2D eigenvalue weighted by atomic mass is 10.1. The van der Waals surface area contributed by atoms with Crippen molar-refractivity contribution >= 4 is 49.9 Å². The molecule has 0 spiro atoms. The van der Waals surface area contributed by atoms with Gasteiger partial charge in [0.25, 0.3) is 11.6 Å². The van der Waals surface area contributed by atoms with Crippen molar-refractivity contribution < 1.29 is 9.72 Å². The number of nitro benzene ring substituents is 1. The molecule has 1 aromatic heterocycles. The van der Waals surface area contributed by atoms with Crippen LogP contribution in [0.5, 0.6) is 0 Å². The van der Waals surface area contributed by atoms with E-state index in [0.717, 1.165) is 34.4 Å². The fourth-order valence-corrected chi connectivity index (χ4v) is 4.55. The maximum absolute atomic E-state index is 13.5. The summed E-state index contributed by atoms with van der Waals surface area (Å²) in [6.07, 6.45) is 0. The summed E-state index contributed by atoms with van der Waals surface area (Å²) in [5.41, 5.74) is 3.04. The zero-order valence-electron chi connectivity index (χ0n) is 18.0. The lowest BCUT2D eigenvalue weighted by Gasteiger charge is -2.25. The normalized spacial score (nSPS) is 11.3. The summed E-state index contributed by atoms with van der Waals surface area (Å²) in [5.74, 6) is -0.395. The smallest absolute Gasteiger partial charge is 0.270 e. The zero-order chi connectivity index (χ0) is 22.7. The minimum atomic E-state index is -0.531. The highest BCUT2D eigenvalue weighted by Gasteiger charge is 2.25. The first-order valence-corrected chi connectivity index (χ1v) is 11.3. The molecule has 1 heterocycles. The van der Waals surface area contributed by atoms with E-state index in [9.17, 15) is 14.9 Å². The number of aromatic nitrogens is 1. The van der Waals surface area contributed by atoms with E-state index in [1.807, 2.05) is 19.9 Å². The van der Waals surface area contributed by atoms with Crippen LogP contribution in [-0.4, -0.2) is 46.9 Å². The molecule has 0 aliphatic heterocycles. The van der Waals surface area contributed by atoms with E-state index < -0.39 is 10.8 Å². The number of hydrogen-bond acceptors (Lipinski definition) is 6. The molecule has 1 amide bonds. The van der Waals surface area contributed by atoms with Gasteiger partial charge in [-0.1, -0.05) is 36.8 Å². The summed E-state index contributed by atoms with van der Waals surface area (Å²) in [5, 5.41) is 12.0. The summed E-state index contributed by atoms with van der Waals surface area (Å²) < 4.78 is 0.990. The lowest BCUT2D eigenvalue weighted by Crippen LogP contribution is -2.39. The quantitative estimate of drug-likeness (QED) is 0.329. The molecule has 3 rings (SSSR count). The standard InChI is InChI=1S/C22H25ClN4O3S/c1-5-25(6-2)9-10-26(21(28)17-13-16(27(29)30)7-8-18(17)23)22-24-19-11-14(3)15(4)12-20(19)31-22/h7-8,11-13H,5-6,9-10H2,1-4H3. The van der Waals surface area contributed by atoms with Crippen LogP contribution in [0.2, 0.25) is 5.02 Å². The number of anilines is 1. The molecule has 2 aromatic carbocycles. The van der Waals surface area contributed by atoms with Crippen LogP contribution in [0.15, 0.2) is 30.3 Å². The van der Waals surface area contributed by atoms with Gasteiger partial charge in [-0.05, 0) is 56.3 Å². The molecule has 0 aliphatic rings. The summed E-state index contributed by atoms with van der Waals surface area (Å²) in [7, 11) is 0. The first-order valence-electron chi connectivity index (χ1n) is 10.1. The number of likely N-dealkylation sites (N-methyl/N-ethyl adjacent to an activating group) is 1. The van der Waals surface area contributed by atoms with Crippen LogP contribution in [0.4, 0.5) is 10.8 Å². The van der Waals surface area contributed by atoms with Crippen molar-refractivity contribution in [2.24, 2.45) is 0 Å². The van der Waals surface area contributed by atoms with Gasteiger partial charge in [-0.15, -0.1) is 0 Å². The van der Waals surface area contributed by atoms with Crippen molar-refractivity contribution in [2.45, 2.75) is 27.7 Å². The third-order valence-corrected chi connectivity index (χ3v) is 6.76. The number of nitro groups is 1. The van der Waals surface area contributed by atoms with Crippen LogP contribution < -0.4 is 4.90 Å². The summed E-state index contributed by atoms with van der Waals surface area (Å²) in [6.45, 7) is 11.0. The van der Waals surface area contributed by atoms with Crippen LogP contribution in [0, 0.1) is 24.0 Å². The number of halogens is 1. The Balaban J connectivity index is 2.05. The topological polar surface area (TPSA) is 79.6 Å². The minimum absolute atomic E-state index is 0.0991. The van der Waals surface area contributed by atoms with E-state index in [0.29, 0.717) is 18.2 Å². The van der Waals surface area contributed by atoms with Crippen molar-refractivity contribution in [3.63, 3.8) is 0 Å². The number of amides is 1. The molecule has 31 heavy (non-hydrogen) atoms. The largest absolute Gasteiger partial charge is 0.302 e. The molecule has 0 unspecified atom stereocenters. The Hall–Kier alpha value is -2.55. The lowest BCUT2D eigenvalue weighted by molar-refractivity contribution is -0.384. The SMILES string of the molecule is CCN(CC)CCN(C(=O)c1cc([N+](=O)[O-])ccc1Cl)c1nc2cc(C)c(C)cc2s1. The van der Waals surface area contributed by atoms with Crippen molar-refractivity contribution in [2.75, 3.05) is 31.1 Å². The summed E-state index contributed by atoms with van der Waals surface area (Å²) in [6, 6.07) is 8.00. The van der Waals surface area contributed by atoms with Crippen LogP contribution in [0.25, 0.3) is 10.2 Å². The fraction of sp³-hybridized carbons (Fsp3) is 0.364. The number of carbonyl (C=O) groups is 1. The molecule has 7 nitrogen and oxygen atoms in total. The molecule has 0 bridgehead atoms. The van der Waals surface area contributed by atoms with Crippen LogP contribution in [0.1, 0.15) is 35.3 Å². The zero-order valence-corrected chi connectivity index (χ0v) is 19.6. The van der Waals surface area contributed by atoms with E-state index in [-0.39, 0.29) is 16.3 Å². The van der Waals surface area contributed by atoms with Crippen LogP contribution in [-0.2, 0) is 0 Å². The Labute approximate surface area is 190 Å². The second-order valence-electron chi connectivity index (χ2n) is 7.31. The molecule has 0 N–H and O–H groups in total. The van der Waals surface area contributed by atoms with Crippen LogP contribution in [0.3, 0.4) is 0 Å². The second kappa shape index (κ2) is 9.72. The third kappa shape index (κ3) is 5.03. The first-order chi connectivity index (χ1) is 14.7. The van der Waals surface area contributed by atoms with Crippen molar-refractivity contribution in [3.8, 4) is 0 Å². The Morgan fingerprint density at radius 3 is 2.45 bits per heavy atom. The number of rotatable bonds is 8. The molecule has 9 heteroatoms. The fourth-order valence-electron chi connectivity index (χ4n) is 3.28. The highest BCUT2D eigenvalue weighted by Crippen LogP contribution is 2.33. The minimum Gasteiger partial charge on any atom is -0.302 e. The monoisotopic (exact) mass is 460 g/mol. The molecular weight excluding hydrogens is 436 g/mol. The molecule has 0 atom stereocenters. The molecule has 3 aromatic rings. The predicted molar refractivity (Wildman–Crippen MR) is 127 cm³/mol. The number of hydrogen-bond donors (Lipinski definition) is 0. The van der Waals surface area contributed by atoms with Crippen molar-refractivity contribution in [1.29, 1.82) is 0 Å². The Kier molecular flexibility index (Phi) is 7.25. The molecule has 0 fully saturated rings. The van der Waals surface area contributed by atoms with Gasteiger partial charge < -0.3 is 4.90 Å². The van der Waals surface area contributed by atoms with Gasteiger partial charge in [0.15, 0.2) is 5.13 Å². The Morgan fingerprint density at radius 1 is 1.13 bits per heavy atom. The van der Waals surface area contributed by atoms with E-state index in [4.69, 9.17) is 16.6 Å². The Morgan fingerprint density at radius 2 is 1.81 bits per heavy atom. The van der Waals surface area contributed by atoms with E-state index in [2.05, 4.69) is 24.8 Å². The molecule has 0 saturated carbocycles. The maximum Gasteiger partial charge on any atom is 0.270 e. The van der Waals surface area contributed by atoms with Gasteiger partial charge in [-0.25, -0.2) is 4.98 Å². The molecule has 0 aliphatic carbocycles. The molecule has 0 radical (unpaired) electrons. The number of non-ortho nitro benzene ring substituents is 1. The number of fused-ring (bicyclic) bond motifs is 1. The van der Waals surface area contributed by atoms with Crippen LogP contribution >= 0.6 is 22.9 Å². The van der Waals surface area contributed by atoms with E-state index in [1.54, 1.807) is 4.90 Å². The van der Waals surface area contributed by atoms with Gasteiger partial charge in [0, 0.05) is 25.2 Å². The van der Waals surface area contributed by atoms with Gasteiger partial charge in [-0.2, -0.15) is 0 Å². The Bertz CT molecular complexity index is 1090. The molecule has 164 valence electrons. The van der Waals surface area contributed by atoms with Gasteiger partial charge in [0.1, 0.15) is 0 Å². The van der Waals surface area contributed by atoms with Gasteiger partial charge in [0.2, 0.25) is 0 Å².